The number of benzene rings is 1. The van der Waals surface area contributed by atoms with E-state index in [4.69, 9.17) is 0 Å². The molecule has 0 fully saturated rings. The van der Waals surface area contributed by atoms with E-state index in [0.29, 0.717) is 17.5 Å². The number of para-hydroxylation sites is 1. The van der Waals surface area contributed by atoms with E-state index in [1.54, 1.807) is 0 Å². The molecular formula is C18H24N4O2S2. The molecule has 1 aromatic heterocycles. The number of nitrogens with one attached hydrogen (secondary N) is 2. The Morgan fingerprint density at radius 2 is 1.88 bits per heavy atom. The Kier molecular flexibility index (Phi) is 8.06. The topological polar surface area (TPSA) is 84.0 Å². The summed E-state index contributed by atoms with van der Waals surface area (Å²) in [7, 11) is 0. The second kappa shape index (κ2) is 10.3. The van der Waals surface area contributed by atoms with E-state index in [9.17, 15) is 9.59 Å². The molecule has 0 aliphatic heterocycles. The molecule has 6 nitrogen and oxygen atoms in total. The fourth-order valence-corrected chi connectivity index (χ4v) is 4.02. The van der Waals surface area contributed by atoms with E-state index in [1.165, 1.54) is 23.1 Å². The Bertz CT molecular complexity index is 719. The second-order valence-electron chi connectivity index (χ2n) is 6.21. The van der Waals surface area contributed by atoms with Crippen molar-refractivity contribution in [3.8, 4) is 0 Å². The van der Waals surface area contributed by atoms with Crippen LogP contribution in [0.5, 0.6) is 0 Å². The van der Waals surface area contributed by atoms with E-state index in [0.717, 1.165) is 17.1 Å². The molecule has 1 heterocycles. The van der Waals surface area contributed by atoms with Gasteiger partial charge in [0.25, 0.3) is 0 Å². The zero-order valence-electron chi connectivity index (χ0n) is 15.2. The zero-order valence-corrected chi connectivity index (χ0v) is 16.8. The third kappa shape index (κ3) is 6.76. The van der Waals surface area contributed by atoms with Crippen molar-refractivity contribution in [1.29, 1.82) is 0 Å². The van der Waals surface area contributed by atoms with E-state index in [1.807, 2.05) is 37.3 Å². The van der Waals surface area contributed by atoms with Gasteiger partial charge >= 0.3 is 0 Å². The van der Waals surface area contributed by atoms with Crippen molar-refractivity contribution < 1.29 is 9.59 Å². The highest BCUT2D eigenvalue weighted by Crippen LogP contribution is 2.21. The van der Waals surface area contributed by atoms with Crippen LogP contribution < -0.4 is 10.6 Å². The third-order valence-corrected chi connectivity index (χ3v) is 5.66. The van der Waals surface area contributed by atoms with Crippen LogP contribution in [-0.4, -0.2) is 33.0 Å². The van der Waals surface area contributed by atoms with Gasteiger partial charge in [0, 0.05) is 12.1 Å². The summed E-state index contributed by atoms with van der Waals surface area (Å²) in [6.07, 6.45) is 1.48. The van der Waals surface area contributed by atoms with Crippen LogP contribution in [0.25, 0.3) is 0 Å². The van der Waals surface area contributed by atoms with Gasteiger partial charge in [0.05, 0.1) is 11.0 Å². The number of carbonyl (C=O) groups is 2. The molecular weight excluding hydrogens is 368 g/mol. The van der Waals surface area contributed by atoms with Crippen molar-refractivity contribution in [3.63, 3.8) is 0 Å². The standard InChI is InChI=1S/C18H24N4O2S2/c1-4-14(25-11-15(23)19-13-8-6-5-7-9-13)17(24)20-18-22-21-16(26-18)10-12(2)3/h5-9,12,14H,4,10-11H2,1-3H3,(H,19,23)(H,20,22,24). The van der Waals surface area contributed by atoms with Gasteiger partial charge < -0.3 is 5.32 Å². The molecule has 1 atom stereocenters. The summed E-state index contributed by atoms with van der Waals surface area (Å²) >= 11 is 2.73. The van der Waals surface area contributed by atoms with Gasteiger partial charge in [-0.1, -0.05) is 50.3 Å². The predicted molar refractivity (Wildman–Crippen MR) is 109 cm³/mol. The maximum absolute atomic E-state index is 12.4. The van der Waals surface area contributed by atoms with Crippen molar-refractivity contribution >= 4 is 45.7 Å². The molecule has 1 unspecified atom stereocenters. The number of thioether (sulfide) groups is 1. The SMILES string of the molecule is CCC(SCC(=O)Nc1ccccc1)C(=O)Nc1nnc(CC(C)C)s1. The molecule has 0 radical (unpaired) electrons. The maximum atomic E-state index is 12.4. The minimum Gasteiger partial charge on any atom is -0.325 e. The van der Waals surface area contributed by atoms with Crippen molar-refractivity contribution in [3.05, 3.63) is 35.3 Å². The van der Waals surface area contributed by atoms with Crippen LogP contribution in [0.4, 0.5) is 10.8 Å². The molecule has 8 heteroatoms. The van der Waals surface area contributed by atoms with E-state index >= 15 is 0 Å². The molecule has 0 saturated heterocycles. The van der Waals surface area contributed by atoms with Crippen molar-refractivity contribution in [2.45, 2.75) is 38.9 Å². The number of rotatable bonds is 9. The molecule has 0 spiro atoms. The zero-order chi connectivity index (χ0) is 18.9. The quantitative estimate of drug-likeness (QED) is 0.678. The van der Waals surface area contributed by atoms with Gasteiger partial charge in [-0.15, -0.1) is 22.0 Å². The van der Waals surface area contributed by atoms with Crippen molar-refractivity contribution in [1.82, 2.24) is 10.2 Å². The number of amides is 2. The summed E-state index contributed by atoms with van der Waals surface area (Å²) in [5.41, 5.74) is 0.752. The van der Waals surface area contributed by atoms with Gasteiger partial charge in [0.1, 0.15) is 5.01 Å². The monoisotopic (exact) mass is 392 g/mol. The van der Waals surface area contributed by atoms with Gasteiger partial charge in [-0.05, 0) is 24.5 Å². The van der Waals surface area contributed by atoms with Crippen LogP contribution in [0.2, 0.25) is 0 Å². The fourth-order valence-electron chi connectivity index (χ4n) is 2.20. The van der Waals surface area contributed by atoms with Gasteiger partial charge in [0.15, 0.2) is 0 Å². The van der Waals surface area contributed by atoms with Crippen LogP contribution in [0.1, 0.15) is 32.2 Å². The maximum Gasteiger partial charge on any atom is 0.239 e. The number of aromatic nitrogens is 2. The third-order valence-electron chi connectivity index (χ3n) is 3.42. The Morgan fingerprint density at radius 3 is 2.54 bits per heavy atom. The Labute approximate surface area is 162 Å². The normalized spacial score (nSPS) is 12.0. The largest absolute Gasteiger partial charge is 0.325 e. The first-order chi connectivity index (χ1) is 12.5. The first-order valence-electron chi connectivity index (χ1n) is 8.57. The highest BCUT2D eigenvalue weighted by molar-refractivity contribution is 8.01. The number of hydrogen-bond donors (Lipinski definition) is 2. The molecule has 26 heavy (non-hydrogen) atoms. The lowest BCUT2D eigenvalue weighted by atomic mass is 10.1. The van der Waals surface area contributed by atoms with Gasteiger partial charge in [-0.3, -0.25) is 14.9 Å². The minimum absolute atomic E-state index is 0.123. The van der Waals surface area contributed by atoms with Crippen LogP contribution >= 0.6 is 23.1 Å². The van der Waals surface area contributed by atoms with Gasteiger partial charge in [-0.25, -0.2) is 0 Å². The molecule has 0 bridgehead atoms. The second-order valence-corrected chi connectivity index (χ2v) is 8.46. The highest BCUT2D eigenvalue weighted by Gasteiger charge is 2.20. The predicted octanol–water partition coefficient (Wildman–Crippen LogP) is 3.83. The summed E-state index contributed by atoms with van der Waals surface area (Å²) < 4.78 is 0. The number of hydrogen-bond acceptors (Lipinski definition) is 6. The fraction of sp³-hybridized carbons (Fsp3) is 0.444. The molecule has 0 saturated carbocycles. The summed E-state index contributed by atoms with van der Waals surface area (Å²) in [6, 6.07) is 9.27. The number of carbonyl (C=O) groups excluding carboxylic acids is 2. The number of anilines is 2. The average Bonchev–Trinajstić information content (AvgIpc) is 3.02. The van der Waals surface area contributed by atoms with Crippen LogP contribution in [0.15, 0.2) is 30.3 Å². The molecule has 2 amide bonds. The van der Waals surface area contributed by atoms with E-state index in [2.05, 4.69) is 34.7 Å². The van der Waals surface area contributed by atoms with E-state index in [-0.39, 0.29) is 22.8 Å². The smallest absolute Gasteiger partial charge is 0.239 e. The molecule has 140 valence electrons. The van der Waals surface area contributed by atoms with Gasteiger partial charge in [0.2, 0.25) is 16.9 Å². The molecule has 2 N–H and O–H groups in total. The summed E-state index contributed by atoms with van der Waals surface area (Å²) in [6.45, 7) is 6.16. The lowest BCUT2D eigenvalue weighted by molar-refractivity contribution is -0.115. The van der Waals surface area contributed by atoms with Crippen molar-refractivity contribution in [2.75, 3.05) is 16.4 Å². The van der Waals surface area contributed by atoms with Crippen LogP contribution in [-0.2, 0) is 16.0 Å². The summed E-state index contributed by atoms with van der Waals surface area (Å²) in [5.74, 6) is 0.448. The molecule has 2 rings (SSSR count). The van der Waals surface area contributed by atoms with E-state index < -0.39 is 0 Å². The lowest BCUT2D eigenvalue weighted by Crippen LogP contribution is -2.26. The molecule has 2 aromatic rings. The Morgan fingerprint density at radius 1 is 1.15 bits per heavy atom. The van der Waals surface area contributed by atoms with Crippen LogP contribution in [0.3, 0.4) is 0 Å². The summed E-state index contributed by atoms with van der Waals surface area (Å²) in [4.78, 5) is 24.5. The molecule has 0 aliphatic rings. The highest BCUT2D eigenvalue weighted by atomic mass is 32.2. The molecule has 0 aliphatic carbocycles. The Hall–Kier alpha value is -1.93. The van der Waals surface area contributed by atoms with Crippen LogP contribution in [0, 0.1) is 5.92 Å². The summed E-state index contributed by atoms with van der Waals surface area (Å²) in [5, 5.41) is 14.9. The Balaban J connectivity index is 1.82. The number of nitrogens with zero attached hydrogens (tertiary/aromatic N) is 2. The molecule has 1 aromatic carbocycles. The first kappa shape index (κ1) is 20.4. The minimum atomic E-state index is -0.311. The lowest BCUT2D eigenvalue weighted by Gasteiger charge is -2.13. The average molecular weight is 393 g/mol. The van der Waals surface area contributed by atoms with Crippen molar-refractivity contribution in [2.24, 2.45) is 5.92 Å². The first-order valence-corrected chi connectivity index (χ1v) is 10.4. The van der Waals surface area contributed by atoms with Gasteiger partial charge in [-0.2, -0.15) is 0 Å².